The van der Waals surface area contributed by atoms with Crippen LogP contribution in [0, 0.1) is 6.92 Å². The molecule has 4 nitrogen and oxygen atoms in total. The molecule has 1 heterocycles. The number of amides is 1. The third-order valence-corrected chi connectivity index (χ3v) is 5.47. The van der Waals surface area contributed by atoms with E-state index in [9.17, 15) is 4.79 Å². The van der Waals surface area contributed by atoms with Crippen LogP contribution in [0.1, 0.15) is 31.0 Å². The van der Waals surface area contributed by atoms with Crippen LogP contribution in [0.4, 0.5) is 0 Å². The Morgan fingerprint density at radius 1 is 1.00 bits per heavy atom. The van der Waals surface area contributed by atoms with Gasteiger partial charge in [-0.2, -0.15) is 0 Å². The van der Waals surface area contributed by atoms with Crippen molar-refractivity contribution in [1.29, 1.82) is 0 Å². The van der Waals surface area contributed by atoms with Crippen LogP contribution in [0.25, 0.3) is 11.3 Å². The molecule has 0 spiro atoms. The monoisotopic (exact) mass is 391 g/mol. The van der Waals surface area contributed by atoms with Crippen LogP contribution in [-0.2, 0) is 4.79 Å². The number of carbonyl (C=O) groups is 1. The normalized spacial score (nSPS) is 13.0. The molecule has 0 fully saturated rings. The van der Waals surface area contributed by atoms with Crippen molar-refractivity contribution in [3.05, 3.63) is 78.0 Å². The highest BCUT2D eigenvalue weighted by Gasteiger charge is 2.18. The third-order valence-electron chi connectivity index (χ3n) is 4.51. The molecule has 1 amide bonds. The summed E-state index contributed by atoms with van der Waals surface area (Å²) in [6.45, 7) is 6.56. The van der Waals surface area contributed by atoms with Crippen molar-refractivity contribution in [2.75, 3.05) is 6.54 Å². The fraction of sp³-hybridized carbons (Fsp3) is 0.261. The molecule has 0 saturated heterocycles. The average Bonchev–Trinajstić information content (AvgIpc) is 2.72. The first-order valence-corrected chi connectivity index (χ1v) is 10.3. The van der Waals surface area contributed by atoms with Crippen LogP contribution in [-0.4, -0.2) is 27.7 Å². The predicted molar refractivity (Wildman–Crippen MR) is 115 cm³/mol. The minimum Gasteiger partial charge on any atom is -0.355 e. The molecule has 0 aliphatic carbocycles. The molecule has 3 rings (SSSR count). The summed E-state index contributed by atoms with van der Waals surface area (Å²) in [7, 11) is 0. The van der Waals surface area contributed by atoms with Gasteiger partial charge < -0.3 is 5.32 Å². The van der Waals surface area contributed by atoms with Gasteiger partial charge in [0.15, 0.2) is 5.16 Å². The number of hydrogen-bond acceptors (Lipinski definition) is 4. The summed E-state index contributed by atoms with van der Waals surface area (Å²) in [6, 6.07) is 22.2. The van der Waals surface area contributed by atoms with E-state index in [0.29, 0.717) is 11.7 Å². The van der Waals surface area contributed by atoms with E-state index in [1.54, 1.807) is 0 Å². The van der Waals surface area contributed by atoms with E-state index in [-0.39, 0.29) is 17.1 Å². The smallest absolute Gasteiger partial charge is 0.233 e. The van der Waals surface area contributed by atoms with Gasteiger partial charge in [0.1, 0.15) is 0 Å². The number of nitrogens with zero attached hydrogens (tertiary/aromatic N) is 2. The van der Waals surface area contributed by atoms with E-state index < -0.39 is 0 Å². The average molecular weight is 392 g/mol. The largest absolute Gasteiger partial charge is 0.355 e. The zero-order chi connectivity index (χ0) is 19.9. The summed E-state index contributed by atoms with van der Waals surface area (Å²) >= 11 is 1.39. The van der Waals surface area contributed by atoms with Gasteiger partial charge in [-0.15, -0.1) is 0 Å². The van der Waals surface area contributed by atoms with Crippen LogP contribution in [0.2, 0.25) is 0 Å². The van der Waals surface area contributed by atoms with Gasteiger partial charge in [-0.25, -0.2) is 9.97 Å². The van der Waals surface area contributed by atoms with E-state index in [0.717, 1.165) is 17.0 Å². The van der Waals surface area contributed by atoms with Crippen molar-refractivity contribution in [1.82, 2.24) is 15.3 Å². The number of carbonyl (C=O) groups excluding carboxylic acids is 1. The van der Waals surface area contributed by atoms with Crippen molar-refractivity contribution in [2.24, 2.45) is 0 Å². The summed E-state index contributed by atoms with van der Waals surface area (Å²) in [6.07, 6.45) is 0. The first-order valence-electron chi connectivity index (χ1n) is 9.43. The van der Waals surface area contributed by atoms with Crippen molar-refractivity contribution in [3.63, 3.8) is 0 Å². The minimum atomic E-state index is -0.270. The molecule has 0 unspecified atom stereocenters. The molecule has 0 aliphatic rings. The lowest BCUT2D eigenvalue weighted by Gasteiger charge is -2.16. The molecule has 3 aromatic rings. The van der Waals surface area contributed by atoms with Crippen LogP contribution in [0.15, 0.2) is 71.9 Å². The maximum Gasteiger partial charge on any atom is 0.233 e. The highest BCUT2D eigenvalue weighted by molar-refractivity contribution is 8.00. The standard InChI is InChI=1S/C23H25N3OS/c1-16(19-10-6-4-7-11-19)15-24-22(27)18(3)28-23-25-17(2)14-21(26-23)20-12-8-5-9-13-20/h4-14,16,18H,15H2,1-3H3,(H,24,27)/t16-,18+/m1/s1. The Bertz CT molecular complexity index is 916. The minimum absolute atomic E-state index is 0.000789. The Morgan fingerprint density at radius 2 is 1.64 bits per heavy atom. The molecule has 0 bridgehead atoms. The summed E-state index contributed by atoms with van der Waals surface area (Å²) in [5.41, 5.74) is 4.03. The fourth-order valence-electron chi connectivity index (χ4n) is 2.86. The van der Waals surface area contributed by atoms with Crippen molar-refractivity contribution in [3.8, 4) is 11.3 Å². The van der Waals surface area contributed by atoms with Crippen LogP contribution in [0.3, 0.4) is 0 Å². The van der Waals surface area contributed by atoms with Crippen LogP contribution >= 0.6 is 11.8 Å². The van der Waals surface area contributed by atoms with Gasteiger partial charge in [-0.05, 0) is 31.4 Å². The van der Waals surface area contributed by atoms with Gasteiger partial charge in [-0.1, -0.05) is 79.3 Å². The van der Waals surface area contributed by atoms with Crippen molar-refractivity contribution >= 4 is 17.7 Å². The zero-order valence-corrected chi connectivity index (χ0v) is 17.2. The van der Waals surface area contributed by atoms with Crippen molar-refractivity contribution in [2.45, 2.75) is 37.1 Å². The second-order valence-electron chi connectivity index (χ2n) is 6.86. The van der Waals surface area contributed by atoms with E-state index in [4.69, 9.17) is 0 Å². The summed E-state index contributed by atoms with van der Waals surface area (Å²) in [5, 5.41) is 3.40. The summed E-state index contributed by atoms with van der Waals surface area (Å²) in [4.78, 5) is 21.7. The fourth-order valence-corrected chi connectivity index (χ4v) is 3.71. The van der Waals surface area contributed by atoms with Gasteiger partial charge >= 0.3 is 0 Å². The Kier molecular flexibility index (Phi) is 6.82. The summed E-state index contributed by atoms with van der Waals surface area (Å²) < 4.78 is 0. The molecular weight excluding hydrogens is 366 g/mol. The quantitative estimate of drug-likeness (QED) is 0.462. The first-order chi connectivity index (χ1) is 13.5. The number of rotatable bonds is 7. The number of hydrogen-bond donors (Lipinski definition) is 1. The number of benzene rings is 2. The van der Waals surface area contributed by atoms with E-state index in [1.807, 2.05) is 68.4 Å². The number of thioether (sulfide) groups is 1. The third kappa shape index (κ3) is 5.42. The molecule has 0 aliphatic heterocycles. The molecule has 144 valence electrons. The number of aromatic nitrogens is 2. The maximum absolute atomic E-state index is 12.5. The van der Waals surface area contributed by atoms with Gasteiger partial charge in [0, 0.05) is 17.8 Å². The maximum atomic E-state index is 12.5. The van der Waals surface area contributed by atoms with Crippen LogP contribution in [0.5, 0.6) is 0 Å². The Hall–Kier alpha value is -2.66. The predicted octanol–water partition coefficient (Wildman–Crippen LogP) is 4.85. The molecule has 0 radical (unpaired) electrons. The number of aryl methyl sites for hydroxylation is 1. The number of nitrogens with one attached hydrogen (secondary N) is 1. The first kappa shape index (κ1) is 20.1. The van der Waals surface area contributed by atoms with Gasteiger partial charge in [0.05, 0.1) is 10.9 Å². The second-order valence-corrected chi connectivity index (χ2v) is 8.17. The van der Waals surface area contributed by atoms with E-state index >= 15 is 0 Å². The second kappa shape index (κ2) is 9.51. The molecule has 2 aromatic carbocycles. The van der Waals surface area contributed by atoms with Gasteiger partial charge in [0.25, 0.3) is 0 Å². The van der Waals surface area contributed by atoms with Gasteiger partial charge in [0.2, 0.25) is 5.91 Å². The lowest BCUT2D eigenvalue weighted by molar-refractivity contribution is -0.120. The molecule has 1 N–H and O–H groups in total. The highest BCUT2D eigenvalue weighted by Crippen LogP contribution is 2.24. The van der Waals surface area contributed by atoms with E-state index in [2.05, 4.69) is 34.3 Å². The summed E-state index contributed by atoms with van der Waals surface area (Å²) in [5.74, 6) is 0.265. The lowest BCUT2D eigenvalue weighted by atomic mass is 10.0. The Morgan fingerprint density at radius 3 is 2.32 bits per heavy atom. The molecule has 1 aromatic heterocycles. The molecule has 2 atom stereocenters. The lowest BCUT2D eigenvalue weighted by Crippen LogP contribution is -2.33. The van der Waals surface area contributed by atoms with Crippen LogP contribution < -0.4 is 5.32 Å². The van der Waals surface area contributed by atoms with E-state index in [1.165, 1.54) is 17.3 Å². The highest BCUT2D eigenvalue weighted by atomic mass is 32.2. The van der Waals surface area contributed by atoms with Gasteiger partial charge in [-0.3, -0.25) is 4.79 Å². The molecular formula is C23H25N3OS. The Balaban J connectivity index is 1.61. The molecule has 28 heavy (non-hydrogen) atoms. The van der Waals surface area contributed by atoms with Crippen molar-refractivity contribution < 1.29 is 4.79 Å². The molecule has 0 saturated carbocycles. The zero-order valence-electron chi connectivity index (χ0n) is 16.4. The Labute approximate surface area is 170 Å². The SMILES string of the molecule is Cc1cc(-c2ccccc2)nc(S[C@@H](C)C(=O)NC[C@@H](C)c2ccccc2)n1. The molecule has 5 heteroatoms. The topological polar surface area (TPSA) is 54.9 Å².